The van der Waals surface area contributed by atoms with Crippen LogP contribution in [0.1, 0.15) is 24.0 Å². The molecule has 0 bridgehead atoms. The summed E-state index contributed by atoms with van der Waals surface area (Å²) in [5, 5.41) is 15.6. The maximum atomic E-state index is 12.7. The van der Waals surface area contributed by atoms with Crippen molar-refractivity contribution in [3.63, 3.8) is 0 Å². The van der Waals surface area contributed by atoms with Crippen LogP contribution in [0.3, 0.4) is 0 Å². The number of nitro groups is 1. The van der Waals surface area contributed by atoms with Crippen molar-refractivity contribution in [1.29, 1.82) is 0 Å². The van der Waals surface area contributed by atoms with Crippen LogP contribution in [0.25, 0.3) is 0 Å². The molecule has 1 aliphatic rings. The van der Waals surface area contributed by atoms with Crippen molar-refractivity contribution in [2.24, 2.45) is 5.10 Å². The second-order valence-electron chi connectivity index (χ2n) is 7.76. The summed E-state index contributed by atoms with van der Waals surface area (Å²) in [6, 6.07) is 20.9. The van der Waals surface area contributed by atoms with Crippen molar-refractivity contribution >= 4 is 27.6 Å². The van der Waals surface area contributed by atoms with Crippen LogP contribution < -0.4 is 10.2 Å². The van der Waals surface area contributed by atoms with Gasteiger partial charge in [0.05, 0.1) is 16.0 Å². The Morgan fingerprint density at radius 2 is 1.74 bits per heavy atom. The van der Waals surface area contributed by atoms with Crippen molar-refractivity contribution in [1.82, 2.24) is 4.31 Å². The van der Waals surface area contributed by atoms with E-state index in [1.165, 1.54) is 22.7 Å². The number of rotatable bonds is 9. The second-order valence-corrected chi connectivity index (χ2v) is 9.70. The van der Waals surface area contributed by atoms with Gasteiger partial charge in [0, 0.05) is 19.2 Å². The first-order chi connectivity index (χ1) is 16.4. The van der Waals surface area contributed by atoms with E-state index in [-0.39, 0.29) is 16.3 Å². The fourth-order valence-electron chi connectivity index (χ4n) is 3.56. The molecule has 0 saturated carbocycles. The fourth-order valence-corrected chi connectivity index (χ4v) is 5.10. The van der Waals surface area contributed by atoms with Gasteiger partial charge >= 0.3 is 0 Å². The van der Waals surface area contributed by atoms with E-state index in [0.717, 1.165) is 30.0 Å². The van der Waals surface area contributed by atoms with Crippen LogP contribution in [0.15, 0.2) is 82.8 Å². The van der Waals surface area contributed by atoms with Crippen molar-refractivity contribution in [2.45, 2.75) is 24.3 Å². The van der Waals surface area contributed by atoms with E-state index < -0.39 is 14.9 Å². The lowest BCUT2D eigenvalue weighted by Gasteiger charge is -2.15. The van der Waals surface area contributed by atoms with E-state index in [1.807, 2.05) is 54.6 Å². The summed E-state index contributed by atoms with van der Waals surface area (Å²) in [6.45, 7) is 1.32. The van der Waals surface area contributed by atoms with Crippen LogP contribution in [0.4, 0.5) is 11.4 Å². The van der Waals surface area contributed by atoms with Crippen molar-refractivity contribution in [3.8, 4) is 5.75 Å². The summed E-state index contributed by atoms with van der Waals surface area (Å²) in [6.07, 6.45) is 3.09. The Labute approximate surface area is 197 Å². The first-order valence-electron chi connectivity index (χ1n) is 10.8. The van der Waals surface area contributed by atoms with Gasteiger partial charge in [0.2, 0.25) is 10.0 Å². The number of nitrogens with one attached hydrogen (secondary N) is 1. The Bertz CT molecular complexity index is 1270. The molecule has 1 fully saturated rings. The molecule has 0 spiro atoms. The number of benzene rings is 3. The van der Waals surface area contributed by atoms with Gasteiger partial charge in [-0.05, 0) is 60.4 Å². The highest BCUT2D eigenvalue weighted by molar-refractivity contribution is 7.89. The molecule has 0 amide bonds. The summed E-state index contributed by atoms with van der Waals surface area (Å²) in [4.78, 5) is 10.8. The first kappa shape index (κ1) is 23.4. The lowest BCUT2D eigenvalue weighted by molar-refractivity contribution is -0.384. The van der Waals surface area contributed by atoms with Gasteiger partial charge in [0.1, 0.15) is 18.0 Å². The molecule has 9 nitrogen and oxygen atoms in total. The molecular weight excluding hydrogens is 456 g/mol. The average Bonchev–Trinajstić information content (AvgIpc) is 3.40. The van der Waals surface area contributed by atoms with Gasteiger partial charge in [0.15, 0.2) is 0 Å². The number of hydrogen-bond acceptors (Lipinski definition) is 7. The van der Waals surface area contributed by atoms with Crippen LogP contribution in [0, 0.1) is 10.1 Å². The zero-order valence-electron chi connectivity index (χ0n) is 18.3. The highest BCUT2D eigenvalue weighted by atomic mass is 32.2. The van der Waals surface area contributed by atoms with E-state index in [9.17, 15) is 18.5 Å². The minimum atomic E-state index is -3.75. The van der Waals surface area contributed by atoms with Gasteiger partial charge in [-0.3, -0.25) is 15.5 Å². The quantitative estimate of drug-likeness (QED) is 0.276. The molecule has 3 aromatic carbocycles. The molecular formula is C24H24N4O5S. The average molecular weight is 481 g/mol. The molecule has 0 unspecified atom stereocenters. The van der Waals surface area contributed by atoms with Crippen molar-refractivity contribution in [3.05, 3.63) is 94.0 Å². The number of sulfonamides is 1. The molecule has 4 rings (SSSR count). The molecule has 1 N–H and O–H groups in total. The van der Waals surface area contributed by atoms with Gasteiger partial charge in [0.25, 0.3) is 5.69 Å². The first-order valence-corrected chi connectivity index (χ1v) is 12.2. The zero-order chi connectivity index (χ0) is 24.0. The minimum Gasteiger partial charge on any atom is -0.489 e. The number of ether oxygens (including phenoxy) is 1. The van der Waals surface area contributed by atoms with Gasteiger partial charge in [-0.25, -0.2) is 8.42 Å². The third kappa shape index (κ3) is 5.59. The largest absolute Gasteiger partial charge is 0.489 e. The molecule has 0 radical (unpaired) electrons. The summed E-state index contributed by atoms with van der Waals surface area (Å²) in [5.74, 6) is 0.708. The topological polar surface area (TPSA) is 114 Å². The standard InChI is InChI=1S/C24H24N4O5S/c29-28(30)24-16-22(34(31,32)27-14-4-5-15-27)12-13-23(24)26-25-17-19-8-10-21(11-9-19)33-18-20-6-2-1-3-7-20/h1-3,6-13,16-17,26H,4-5,14-15,18H2/b25-17+. The molecule has 0 aliphatic carbocycles. The van der Waals surface area contributed by atoms with Gasteiger partial charge < -0.3 is 4.74 Å². The molecule has 176 valence electrons. The normalized spacial score (nSPS) is 14.4. The van der Waals surface area contributed by atoms with E-state index in [4.69, 9.17) is 4.74 Å². The van der Waals surface area contributed by atoms with Crippen LogP contribution in [0.2, 0.25) is 0 Å². The van der Waals surface area contributed by atoms with Gasteiger partial charge in [-0.15, -0.1) is 0 Å². The Balaban J connectivity index is 1.41. The molecule has 10 heteroatoms. The number of anilines is 1. The van der Waals surface area contributed by atoms with Crippen molar-refractivity contribution < 1.29 is 18.1 Å². The van der Waals surface area contributed by atoms with Crippen LogP contribution in [-0.2, 0) is 16.6 Å². The van der Waals surface area contributed by atoms with E-state index in [0.29, 0.717) is 25.4 Å². The Hall–Kier alpha value is -3.76. The SMILES string of the molecule is O=[N+]([O-])c1cc(S(=O)(=O)N2CCCC2)ccc1N/N=C/c1ccc(OCc2ccccc2)cc1. The predicted octanol–water partition coefficient (Wildman–Crippen LogP) is 4.40. The third-order valence-corrected chi connectivity index (χ3v) is 7.29. The lowest BCUT2D eigenvalue weighted by Crippen LogP contribution is -2.27. The van der Waals surface area contributed by atoms with Gasteiger partial charge in [-0.1, -0.05) is 30.3 Å². The highest BCUT2D eigenvalue weighted by Crippen LogP contribution is 2.30. The smallest absolute Gasteiger partial charge is 0.295 e. The number of nitrogens with zero attached hydrogens (tertiary/aromatic N) is 3. The van der Waals surface area contributed by atoms with Crippen LogP contribution in [0.5, 0.6) is 5.75 Å². The zero-order valence-corrected chi connectivity index (χ0v) is 19.1. The van der Waals surface area contributed by atoms with E-state index in [2.05, 4.69) is 10.5 Å². The Morgan fingerprint density at radius 1 is 1.03 bits per heavy atom. The number of nitro benzene ring substituents is 1. The van der Waals surface area contributed by atoms with Crippen molar-refractivity contribution in [2.75, 3.05) is 18.5 Å². The number of hydrogen-bond donors (Lipinski definition) is 1. The number of hydrazone groups is 1. The predicted molar refractivity (Wildman–Crippen MR) is 130 cm³/mol. The van der Waals surface area contributed by atoms with Crippen LogP contribution >= 0.6 is 0 Å². The molecule has 0 aromatic heterocycles. The summed E-state index contributed by atoms with van der Waals surface area (Å²) in [5.41, 5.74) is 4.21. The van der Waals surface area contributed by atoms with E-state index >= 15 is 0 Å². The monoisotopic (exact) mass is 480 g/mol. The fraction of sp³-hybridized carbons (Fsp3) is 0.208. The Kier molecular flexibility index (Phi) is 7.19. The maximum Gasteiger partial charge on any atom is 0.295 e. The van der Waals surface area contributed by atoms with E-state index in [1.54, 1.807) is 0 Å². The lowest BCUT2D eigenvalue weighted by atomic mass is 10.2. The molecule has 34 heavy (non-hydrogen) atoms. The second kappa shape index (κ2) is 10.4. The summed E-state index contributed by atoms with van der Waals surface area (Å²) >= 11 is 0. The summed E-state index contributed by atoms with van der Waals surface area (Å²) < 4.78 is 32.5. The summed E-state index contributed by atoms with van der Waals surface area (Å²) in [7, 11) is -3.75. The molecule has 3 aromatic rings. The third-order valence-electron chi connectivity index (χ3n) is 5.40. The minimum absolute atomic E-state index is 0.0956. The maximum absolute atomic E-state index is 12.7. The van der Waals surface area contributed by atoms with Crippen LogP contribution in [-0.4, -0.2) is 37.0 Å². The van der Waals surface area contributed by atoms with Gasteiger partial charge in [-0.2, -0.15) is 9.41 Å². The highest BCUT2D eigenvalue weighted by Gasteiger charge is 2.29. The molecule has 1 heterocycles. The molecule has 1 aliphatic heterocycles. The molecule has 1 saturated heterocycles. The molecule has 0 atom stereocenters. The Morgan fingerprint density at radius 3 is 2.41 bits per heavy atom.